The van der Waals surface area contributed by atoms with E-state index in [0.29, 0.717) is 22.5 Å². The number of amides is 1. The van der Waals surface area contributed by atoms with Gasteiger partial charge in [-0.1, -0.05) is 35.3 Å². The van der Waals surface area contributed by atoms with Gasteiger partial charge in [0.05, 0.1) is 12.6 Å². The van der Waals surface area contributed by atoms with Crippen LogP contribution in [0, 0.1) is 5.92 Å². The standard InChI is InChI=1S/C21H26Cl2N6O/c1-13(17-5-4-16(22)11-18(17)23)28-21(25)27-12-15-3-2-8-26-20(15)29-9-6-14(7-10-29)19(24)30/h2-5,8,11,13-14H,6-7,9-10,12H2,1H3,(H2,24,30)(H3,25,27,28). The molecule has 30 heavy (non-hydrogen) atoms. The Labute approximate surface area is 186 Å². The van der Waals surface area contributed by atoms with Gasteiger partial charge in [-0.3, -0.25) is 4.79 Å². The molecule has 7 nitrogen and oxygen atoms in total. The molecule has 160 valence electrons. The summed E-state index contributed by atoms with van der Waals surface area (Å²) in [6.07, 6.45) is 3.23. The largest absolute Gasteiger partial charge is 0.370 e. The number of aromatic nitrogens is 1. The molecule has 3 rings (SSSR count). The number of piperidine rings is 1. The van der Waals surface area contributed by atoms with Gasteiger partial charge in [0.25, 0.3) is 0 Å². The SMILES string of the molecule is CC(NC(N)=NCc1cccnc1N1CCC(C(N)=O)CC1)c1ccc(Cl)cc1Cl. The Morgan fingerprint density at radius 3 is 2.70 bits per heavy atom. The monoisotopic (exact) mass is 448 g/mol. The molecule has 1 unspecified atom stereocenters. The van der Waals surface area contributed by atoms with Gasteiger partial charge in [-0.15, -0.1) is 0 Å². The highest BCUT2D eigenvalue weighted by molar-refractivity contribution is 6.35. The molecule has 0 aliphatic carbocycles. The first-order valence-electron chi connectivity index (χ1n) is 9.84. The summed E-state index contributed by atoms with van der Waals surface area (Å²) in [5, 5.41) is 4.32. The van der Waals surface area contributed by atoms with Crippen LogP contribution in [0.2, 0.25) is 10.0 Å². The van der Waals surface area contributed by atoms with Gasteiger partial charge in [0, 0.05) is 40.8 Å². The summed E-state index contributed by atoms with van der Waals surface area (Å²) in [7, 11) is 0. The first-order chi connectivity index (χ1) is 14.3. The number of aliphatic imine (C=N–C) groups is 1. The zero-order valence-corrected chi connectivity index (χ0v) is 18.3. The number of pyridine rings is 1. The maximum Gasteiger partial charge on any atom is 0.220 e. The van der Waals surface area contributed by atoms with Crippen LogP contribution < -0.4 is 21.7 Å². The molecule has 9 heteroatoms. The molecule has 2 aromatic rings. The highest BCUT2D eigenvalue weighted by atomic mass is 35.5. The van der Waals surface area contributed by atoms with E-state index in [4.69, 9.17) is 34.7 Å². The molecule has 0 radical (unpaired) electrons. The lowest BCUT2D eigenvalue weighted by Gasteiger charge is -2.32. The summed E-state index contributed by atoms with van der Waals surface area (Å²) in [6.45, 7) is 3.82. The van der Waals surface area contributed by atoms with Crippen molar-refractivity contribution in [2.75, 3.05) is 18.0 Å². The molecule has 0 bridgehead atoms. The summed E-state index contributed by atoms with van der Waals surface area (Å²) in [6, 6.07) is 9.10. The molecule has 1 aromatic carbocycles. The van der Waals surface area contributed by atoms with Crippen molar-refractivity contribution in [2.24, 2.45) is 22.4 Å². The Balaban J connectivity index is 1.65. The van der Waals surface area contributed by atoms with Gasteiger partial charge < -0.3 is 21.7 Å². The van der Waals surface area contributed by atoms with Crippen molar-refractivity contribution in [2.45, 2.75) is 32.4 Å². The third kappa shape index (κ3) is 5.55. The Bertz CT molecular complexity index is 927. The van der Waals surface area contributed by atoms with Gasteiger partial charge in [0.2, 0.25) is 5.91 Å². The van der Waals surface area contributed by atoms with Gasteiger partial charge >= 0.3 is 0 Å². The normalized spacial score (nSPS) is 16.4. The Morgan fingerprint density at radius 2 is 2.03 bits per heavy atom. The third-order valence-corrected chi connectivity index (χ3v) is 5.84. The van der Waals surface area contributed by atoms with Crippen LogP contribution in [-0.4, -0.2) is 29.9 Å². The number of hydrogen-bond donors (Lipinski definition) is 3. The average molecular weight is 449 g/mol. The number of anilines is 1. The number of hydrogen-bond acceptors (Lipinski definition) is 4. The molecule has 0 spiro atoms. The fraction of sp³-hybridized carbons (Fsp3) is 0.381. The molecule has 1 amide bonds. The van der Waals surface area contributed by atoms with E-state index in [0.717, 1.165) is 42.9 Å². The highest BCUT2D eigenvalue weighted by Crippen LogP contribution is 2.27. The first-order valence-corrected chi connectivity index (χ1v) is 10.6. The zero-order valence-electron chi connectivity index (χ0n) is 16.8. The summed E-state index contributed by atoms with van der Waals surface area (Å²) < 4.78 is 0. The number of benzene rings is 1. The summed E-state index contributed by atoms with van der Waals surface area (Å²) in [5.74, 6) is 0.892. The van der Waals surface area contributed by atoms with Crippen molar-refractivity contribution < 1.29 is 4.79 Å². The van der Waals surface area contributed by atoms with Gasteiger partial charge in [-0.2, -0.15) is 0 Å². The zero-order chi connectivity index (χ0) is 21.7. The smallest absolute Gasteiger partial charge is 0.220 e. The number of nitrogens with one attached hydrogen (secondary N) is 1. The second-order valence-corrected chi connectivity index (χ2v) is 8.23. The van der Waals surface area contributed by atoms with Crippen molar-refractivity contribution in [3.63, 3.8) is 0 Å². The van der Waals surface area contributed by atoms with Gasteiger partial charge in [0.1, 0.15) is 5.82 Å². The van der Waals surface area contributed by atoms with Crippen LogP contribution in [0.5, 0.6) is 0 Å². The summed E-state index contributed by atoms with van der Waals surface area (Å²) >= 11 is 12.2. The maximum atomic E-state index is 11.4. The first kappa shape index (κ1) is 22.2. The lowest BCUT2D eigenvalue weighted by molar-refractivity contribution is -0.122. The highest BCUT2D eigenvalue weighted by Gasteiger charge is 2.24. The number of rotatable bonds is 6. The lowest BCUT2D eigenvalue weighted by Crippen LogP contribution is -2.39. The van der Waals surface area contributed by atoms with Crippen LogP contribution in [0.1, 0.15) is 36.9 Å². The molecule has 1 fully saturated rings. The second-order valence-electron chi connectivity index (χ2n) is 7.38. The molecule has 0 saturated carbocycles. The number of halogens is 2. The minimum Gasteiger partial charge on any atom is -0.370 e. The van der Waals surface area contributed by atoms with E-state index in [1.54, 1.807) is 18.3 Å². The van der Waals surface area contributed by atoms with Gasteiger partial charge in [0.15, 0.2) is 5.96 Å². The fourth-order valence-corrected chi connectivity index (χ4v) is 4.15. The van der Waals surface area contributed by atoms with E-state index in [2.05, 4.69) is 20.2 Å². The quantitative estimate of drug-likeness (QED) is 0.463. The van der Waals surface area contributed by atoms with Crippen LogP contribution >= 0.6 is 23.2 Å². The molecule has 1 saturated heterocycles. The predicted octanol–water partition coefficient (Wildman–Crippen LogP) is 3.26. The Morgan fingerprint density at radius 1 is 1.30 bits per heavy atom. The van der Waals surface area contributed by atoms with E-state index in [-0.39, 0.29) is 17.9 Å². The number of carbonyl (C=O) groups is 1. The minimum absolute atomic E-state index is 0.0625. The van der Waals surface area contributed by atoms with Crippen molar-refractivity contribution in [1.29, 1.82) is 0 Å². The van der Waals surface area contributed by atoms with Crippen LogP contribution in [-0.2, 0) is 11.3 Å². The van der Waals surface area contributed by atoms with Crippen molar-refractivity contribution in [3.8, 4) is 0 Å². The molecule has 5 N–H and O–H groups in total. The van der Waals surface area contributed by atoms with E-state index in [1.165, 1.54) is 0 Å². The minimum atomic E-state index is -0.228. The molecule has 1 aliphatic heterocycles. The lowest BCUT2D eigenvalue weighted by atomic mass is 9.96. The summed E-state index contributed by atoms with van der Waals surface area (Å²) in [5.41, 5.74) is 13.4. The second kappa shape index (κ2) is 10.00. The molecule has 1 aliphatic rings. The number of carbonyl (C=O) groups excluding carboxylic acids is 1. The van der Waals surface area contributed by atoms with Crippen molar-refractivity contribution in [3.05, 3.63) is 57.7 Å². The van der Waals surface area contributed by atoms with Crippen molar-refractivity contribution >= 4 is 40.9 Å². The van der Waals surface area contributed by atoms with Crippen molar-refractivity contribution in [1.82, 2.24) is 10.3 Å². The predicted molar refractivity (Wildman–Crippen MR) is 122 cm³/mol. The number of nitrogens with two attached hydrogens (primary N) is 2. The topological polar surface area (TPSA) is 110 Å². The van der Waals surface area contributed by atoms with Crippen LogP contribution in [0.15, 0.2) is 41.5 Å². The molecular weight excluding hydrogens is 423 g/mol. The Hall–Kier alpha value is -2.51. The number of guanidine groups is 1. The van der Waals surface area contributed by atoms with Crippen LogP contribution in [0.3, 0.4) is 0 Å². The van der Waals surface area contributed by atoms with Crippen LogP contribution in [0.4, 0.5) is 5.82 Å². The number of primary amides is 1. The fourth-order valence-electron chi connectivity index (χ4n) is 3.58. The average Bonchev–Trinajstić information content (AvgIpc) is 2.72. The van der Waals surface area contributed by atoms with Crippen LogP contribution in [0.25, 0.3) is 0 Å². The molecule has 2 heterocycles. The molecule has 1 atom stereocenters. The molecular formula is C21H26Cl2N6O. The Kier molecular flexibility index (Phi) is 7.39. The summed E-state index contributed by atoms with van der Waals surface area (Å²) in [4.78, 5) is 22.6. The molecule has 1 aromatic heterocycles. The van der Waals surface area contributed by atoms with Gasteiger partial charge in [-0.25, -0.2) is 9.98 Å². The van der Waals surface area contributed by atoms with E-state index in [9.17, 15) is 4.79 Å². The van der Waals surface area contributed by atoms with E-state index >= 15 is 0 Å². The van der Waals surface area contributed by atoms with E-state index in [1.807, 2.05) is 25.1 Å². The third-order valence-electron chi connectivity index (χ3n) is 5.28. The number of nitrogens with zero attached hydrogens (tertiary/aromatic N) is 3. The van der Waals surface area contributed by atoms with E-state index < -0.39 is 0 Å². The maximum absolute atomic E-state index is 11.4. The van der Waals surface area contributed by atoms with Gasteiger partial charge in [-0.05, 0) is 43.5 Å².